The summed E-state index contributed by atoms with van der Waals surface area (Å²) in [5, 5.41) is 10.5. The van der Waals surface area contributed by atoms with E-state index in [2.05, 4.69) is 19.1 Å². The van der Waals surface area contributed by atoms with Crippen molar-refractivity contribution in [2.24, 2.45) is 22.7 Å². The van der Waals surface area contributed by atoms with Gasteiger partial charge in [-0.1, -0.05) is 19.1 Å². The summed E-state index contributed by atoms with van der Waals surface area (Å²) in [5.74, 6) is 1.64. The molecule has 2 saturated carbocycles. The molecule has 0 saturated heterocycles. The van der Waals surface area contributed by atoms with Gasteiger partial charge in [0.2, 0.25) is 0 Å². The molecule has 110 valence electrons. The largest absolute Gasteiger partial charge is 0.392 e. The van der Waals surface area contributed by atoms with Gasteiger partial charge in [-0.25, -0.2) is 0 Å². The first-order valence-corrected chi connectivity index (χ1v) is 8.40. The fourth-order valence-corrected chi connectivity index (χ4v) is 6.19. The van der Waals surface area contributed by atoms with E-state index in [1.807, 2.05) is 6.08 Å². The van der Waals surface area contributed by atoms with Crippen molar-refractivity contribution in [2.45, 2.75) is 51.6 Å². The van der Waals surface area contributed by atoms with Crippen molar-refractivity contribution in [1.29, 1.82) is 0 Å². The van der Waals surface area contributed by atoms with E-state index in [1.165, 1.54) is 29.6 Å². The molecular weight excluding hydrogens is 260 g/mol. The number of ketones is 1. The molecule has 2 fully saturated rings. The van der Waals surface area contributed by atoms with E-state index in [4.69, 9.17) is 0 Å². The highest BCUT2D eigenvalue weighted by Crippen LogP contribution is 2.79. The van der Waals surface area contributed by atoms with Crippen LogP contribution in [0.15, 0.2) is 34.9 Å². The van der Waals surface area contributed by atoms with Crippen molar-refractivity contribution in [1.82, 2.24) is 0 Å². The Morgan fingerprint density at radius 2 is 2.14 bits per heavy atom. The zero-order chi connectivity index (χ0) is 14.4. The van der Waals surface area contributed by atoms with Crippen molar-refractivity contribution in [3.63, 3.8) is 0 Å². The quantitative estimate of drug-likeness (QED) is 0.740. The van der Waals surface area contributed by atoms with Gasteiger partial charge in [-0.2, -0.15) is 0 Å². The first kappa shape index (κ1) is 12.4. The van der Waals surface area contributed by atoms with Crippen LogP contribution in [-0.4, -0.2) is 17.0 Å². The first-order chi connectivity index (χ1) is 10.1. The third-order valence-corrected chi connectivity index (χ3v) is 7.36. The molecule has 1 N–H and O–H groups in total. The SMILES string of the molecule is C[C@]12C=CC3=C4CCC(=O)C=C4CCC3[C@]13C[C@@H]3C[C@H]2O. The van der Waals surface area contributed by atoms with Gasteiger partial charge in [-0.15, -0.1) is 0 Å². The van der Waals surface area contributed by atoms with Crippen LogP contribution in [0.5, 0.6) is 0 Å². The molecule has 5 aliphatic rings. The minimum Gasteiger partial charge on any atom is -0.392 e. The number of aliphatic hydroxyl groups is 1. The Hall–Kier alpha value is -1.15. The van der Waals surface area contributed by atoms with Crippen LogP contribution < -0.4 is 0 Å². The van der Waals surface area contributed by atoms with Gasteiger partial charge >= 0.3 is 0 Å². The second-order valence-corrected chi connectivity index (χ2v) is 7.97. The molecule has 0 radical (unpaired) electrons. The summed E-state index contributed by atoms with van der Waals surface area (Å²) < 4.78 is 0. The molecule has 21 heavy (non-hydrogen) atoms. The Balaban J connectivity index is 1.69. The average Bonchev–Trinajstić information content (AvgIpc) is 3.12. The number of allylic oxidation sites excluding steroid dienone is 5. The molecule has 0 aromatic heterocycles. The fourth-order valence-electron chi connectivity index (χ4n) is 6.19. The molecule has 0 aliphatic heterocycles. The first-order valence-electron chi connectivity index (χ1n) is 8.40. The predicted molar refractivity (Wildman–Crippen MR) is 80.5 cm³/mol. The maximum atomic E-state index is 11.7. The number of hydrogen-bond donors (Lipinski definition) is 1. The topological polar surface area (TPSA) is 37.3 Å². The standard InChI is InChI=1S/C19H22O2/c1-18-7-6-15-14-4-3-13(20)8-11(14)2-5-16(15)19(18)10-12(19)9-17(18)21/h6-8,12,16-17,21H,2-5,9-10H2,1H3/t12-,16?,17+,18+,19+/m0/s1. The summed E-state index contributed by atoms with van der Waals surface area (Å²) >= 11 is 0. The van der Waals surface area contributed by atoms with Gasteiger partial charge in [0.05, 0.1) is 6.10 Å². The lowest BCUT2D eigenvalue weighted by atomic mass is 9.57. The summed E-state index contributed by atoms with van der Waals surface area (Å²) in [5.41, 5.74) is 4.59. The van der Waals surface area contributed by atoms with Crippen LogP contribution in [0.3, 0.4) is 0 Å². The molecule has 1 unspecified atom stereocenters. The van der Waals surface area contributed by atoms with Gasteiger partial charge in [0, 0.05) is 11.8 Å². The van der Waals surface area contributed by atoms with Crippen LogP contribution in [0, 0.1) is 22.7 Å². The average molecular weight is 282 g/mol. The second kappa shape index (κ2) is 3.60. The monoisotopic (exact) mass is 282 g/mol. The molecule has 5 atom stereocenters. The highest BCUT2D eigenvalue weighted by Gasteiger charge is 2.75. The third kappa shape index (κ3) is 1.27. The van der Waals surface area contributed by atoms with E-state index >= 15 is 0 Å². The summed E-state index contributed by atoms with van der Waals surface area (Å²) in [6, 6.07) is 0. The highest BCUT2D eigenvalue weighted by atomic mass is 16.3. The highest BCUT2D eigenvalue weighted by molar-refractivity contribution is 5.93. The van der Waals surface area contributed by atoms with Crippen molar-refractivity contribution in [2.75, 3.05) is 0 Å². The molecule has 1 spiro atoms. The number of hydrogen-bond acceptors (Lipinski definition) is 2. The normalized spacial score (nSPS) is 50.1. The van der Waals surface area contributed by atoms with Crippen molar-refractivity contribution < 1.29 is 9.90 Å². The smallest absolute Gasteiger partial charge is 0.156 e. The molecule has 0 aromatic rings. The van der Waals surface area contributed by atoms with Gasteiger partial charge in [-0.3, -0.25) is 4.79 Å². The minimum absolute atomic E-state index is 0.0158. The fraction of sp³-hybridized carbons (Fsp3) is 0.632. The lowest BCUT2D eigenvalue weighted by Crippen LogP contribution is -2.43. The van der Waals surface area contributed by atoms with Crippen molar-refractivity contribution >= 4 is 5.78 Å². The molecule has 0 bridgehead atoms. The van der Waals surface area contributed by atoms with E-state index in [0.717, 1.165) is 25.2 Å². The van der Waals surface area contributed by atoms with Crippen molar-refractivity contribution in [3.05, 3.63) is 34.9 Å². The van der Waals surface area contributed by atoms with Gasteiger partial charge in [0.1, 0.15) is 0 Å². The minimum atomic E-state index is -0.163. The Labute approximate surface area is 125 Å². The summed E-state index contributed by atoms with van der Waals surface area (Å²) in [4.78, 5) is 11.7. The van der Waals surface area contributed by atoms with Crippen molar-refractivity contribution in [3.8, 4) is 0 Å². The van der Waals surface area contributed by atoms with Crippen LogP contribution in [0.25, 0.3) is 0 Å². The molecule has 0 amide bonds. The molecule has 0 aromatic carbocycles. The van der Waals surface area contributed by atoms with Crippen LogP contribution >= 0.6 is 0 Å². The maximum Gasteiger partial charge on any atom is 0.156 e. The number of carbonyl (C=O) groups excluding carboxylic acids is 1. The Morgan fingerprint density at radius 1 is 1.29 bits per heavy atom. The number of aliphatic hydroxyl groups excluding tert-OH is 1. The molecular formula is C19H22O2. The Morgan fingerprint density at radius 3 is 3.00 bits per heavy atom. The van der Waals surface area contributed by atoms with Crippen LogP contribution in [0.4, 0.5) is 0 Å². The number of fused-ring (bicyclic) bond motifs is 2. The summed E-state index contributed by atoms with van der Waals surface area (Å²) in [6.45, 7) is 2.28. The number of carbonyl (C=O) groups is 1. The summed E-state index contributed by atoms with van der Waals surface area (Å²) in [6.07, 6.45) is 12.5. The molecule has 2 heteroatoms. The molecule has 5 aliphatic carbocycles. The van der Waals surface area contributed by atoms with Crippen LogP contribution in [0.1, 0.15) is 45.4 Å². The molecule has 5 rings (SSSR count). The predicted octanol–water partition coefficient (Wildman–Crippen LogP) is 3.33. The Bertz CT molecular complexity index is 652. The van der Waals surface area contributed by atoms with E-state index in [-0.39, 0.29) is 11.5 Å². The Kier molecular flexibility index (Phi) is 2.13. The van der Waals surface area contributed by atoms with E-state index < -0.39 is 0 Å². The summed E-state index contributed by atoms with van der Waals surface area (Å²) in [7, 11) is 0. The molecule has 2 nitrogen and oxygen atoms in total. The maximum absolute atomic E-state index is 11.7. The van der Waals surface area contributed by atoms with Gasteiger partial charge in [0.25, 0.3) is 0 Å². The second-order valence-electron chi connectivity index (χ2n) is 7.97. The molecule has 0 heterocycles. The van der Waals surface area contributed by atoms with Gasteiger partial charge in [-0.05, 0) is 72.2 Å². The van der Waals surface area contributed by atoms with Gasteiger partial charge < -0.3 is 5.11 Å². The zero-order valence-corrected chi connectivity index (χ0v) is 12.6. The van der Waals surface area contributed by atoms with E-state index in [0.29, 0.717) is 23.5 Å². The number of rotatable bonds is 0. The van der Waals surface area contributed by atoms with E-state index in [1.54, 1.807) is 0 Å². The lowest BCUT2D eigenvalue weighted by Gasteiger charge is -2.47. The van der Waals surface area contributed by atoms with Crippen LogP contribution in [0.2, 0.25) is 0 Å². The zero-order valence-electron chi connectivity index (χ0n) is 12.6. The third-order valence-electron chi connectivity index (χ3n) is 7.36. The van der Waals surface area contributed by atoms with E-state index in [9.17, 15) is 9.90 Å². The van der Waals surface area contributed by atoms with Crippen LogP contribution in [-0.2, 0) is 4.79 Å². The van der Waals surface area contributed by atoms with Gasteiger partial charge in [0.15, 0.2) is 5.78 Å². The lowest BCUT2D eigenvalue weighted by molar-refractivity contribution is -0.114.